The molecule has 0 aliphatic heterocycles. The van der Waals surface area contributed by atoms with E-state index in [2.05, 4.69) is 10.6 Å². The summed E-state index contributed by atoms with van der Waals surface area (Å²) in [5, 5.41) is 24.1. The van der Waals surface area contributed by atoms with Gasteiger partial charge in [0.1, 0.15) is 0 Å². The van der Waals surface area contributed by atoms with E-state index in [1.54, 1.807) is 39.0 Å². The van der Waals surface area contributed by atoms with Crippen LogP contribution in [0.25, 0.3) is 0 Å². The van der Waals surface area contributed by atoms with Crippen molar-refractivity contribution in [1.29, 1.82) is 5.26 Å². The van der Waals surface area contributed by atoms with E-state index < -0.39 is 11.2 Å². The van der Waals surface area contributed by atoms with Crippen molar-refractivity contribution in [2.45, 2.75) is 52.9 Å². The van der Waals surface area contributed by atoms with Crippen LogP contribution in [0.15, 0.2) is 24.3 Å². The highest BCUT2D eigenvalue weighted by Crippen LogP contribution is 2.22. The number of nitrogens with one attached hydrogen (secondary N) is 2. The Morgan fingerprint density at radius 3 is 2.56 bits per heavy atom. The molecule has 0 spiro atoms. The summed E-state index contributed by atoms with van der Waals surface area (Å²) in [6.45, 7) is 9.16. The lowest BCUT2D eigenvalue weighted by Gasteiger charge is -2.28. The van der Waals surface area contributed by atoms with Gasteiger partial charge in [-0.15, -0.1) is 0 Å². The molecule has 148 valence electrons. The van der Waals surface area contributed by atoms with Gasteiger partial charge in [0.05, 0.1) is 18.2 Å². The Morgan fingerprint density at radius 1 is 1.30 bits per heavy atom. The average Bonchev–Trinajstić information content (AvgIpc) is 2.57. The molecule has 1 aromatic rings. The standard InChI is InChI=1S/C20H29N3O4/c1-14(23-18(25)16-8-6-7-15(9-16)11-21)12-22-17(24)10-19(2,3)13-27-20(4,5)26/h6-9,14,26H,10,12-13H2,1-5H3,(H,22,24)(H,23,25)/t14-/m0/s1. The molecule has 7 heteroatoms. The highest BCUT2D eigenvalue weighted by atomic mass is 16.6. The van der Waals surface area contributed by atoms with E-state index in [-0.39, 0.29) is 37.4 Å². The zero-order valence-corrected chi connectivity index (χ0v) is 16.6. The van der Waals surface area contributed by atoms with Gasteiger partial charge in [0.2, 0.25) is 5.91 Å². The molecule has 0 unspecified atom stereocenters. The molecule has 0 aliphatic carbocycles. The van der Waals surface area contributed by atoms with Gasteiger partial charge in [0, 0.05) is 24.6 Å². The molecule has 0 aliphatic rings. The van der Waals surface area contributed by atoms with Crippen molar-refractivity contribution in [3.05, 3.63) is 35.4 Å². The van der Waals surface area contributed by atoms with Crippen molar-refractivity contribution in [3.8, 4) is 6.07 Å². The van der Waals surface area contributed by atoms with Gasteiger partial charge in [-0.1, -0.05) is 19.9 Å². The van der Waals surface area contributed by atoms with Crippen LogP contribution in [0.2, 0.25) is 0 Å². The summed E-state index contributed by atoms with van der Waals surface area (Å²) in [5.41, 5.74) is 0.380. The van der Waals surface area contributed by atoms with Crippen LogP contribution in [0.1, 0.15) is 57.0 Å². The lowest BCUT2D eigenvalue weighted by atomic mass is 9.90. The second-order valence-corrected chi connectivity index (χ2v) is 7.95. The number of benzene rings is 1. The molecule has 0 bridgehead atoms. The Hall–Kier alpha value is -2.43. The number of ether oxygens (including phenoxy) is 1. The molecule has 1 rings (SSSR count). The fourth-order valence-electron chi connectivity index (χ4n) is 2.28. The Morgan fingerprint density at radius 2 is 1.96 bits per heavy atom. The number of amides is 2. The summed E-state index contributed by atoms with van der Waals surface area (Å²) in [6.07, 6.45) is 0.230. The number of hydrogen-bond acceptors (Lipinski definition) is 5. The van der Waals surface area contributed by atoms with E-state index in [1.165, 1.54) is 6.07 Å². The van der Waals surface area contributed by atoms with Crippen LogP contribution in [0.3, 0.4) is 0 Å². The molecule has 0 aromatic heterocycles. The van der Waals surface area contributed by atoms with Crippen LogP contribution in [0.5, 0.6) is 0 Å². The van der Waals surface area contributed by atoms with Gasteiger partial charge in [0.25, 0.3) is 5.91 Å². The molecule has 1 aromatic carbocycles. The molecule has 0 radical (unpaired) electrons. The predicted octanol–water partition coefficient (Wildman–Crippen LogP) is 1.95. The van der Waals surface area contributed by atoms with E-state index >= 15 is 0 Å². The van der Waals surface area contributed by atoms with Crippen LogP contribution in [-0.4, -0.2) is 41.9 Å². The molecule has 0 heterocycles. The van der Waals surface area contributed by atoms with E-state index in [1.807, 2.05) is 19.9 Å². The van der Waals surface area contributed by atoms with E-state index in [4.69, 9.17) is 10.00 Å². The maximum absolute atomic E-state index is 12.2. The van der Waals surface area contributed by atoms with Crippen molar-refractivity contribution < 1.29 is 19.4 Å². The van der Waals surface area contributed by atoms with Gasteiger partial charge in [-0.05, 0) is 44.4 Å². The number of nitriles is 1. The summed E-state index contributed by atoms with van der Waals surface area (Å²) >= 11 is 0. The van der Waals surface area contributed by atoms with E-state index in [0.717, 1.165) is 0 Å². The molecule has 0 saturated heterocycles. The molecular formula is C20H29N3O4. The minimum Gasteiger partial charge on any atom is -0.366 e. The molecular weight excluding hydrogens is 346 g/mol. The van der Waals surface area contributed by atoms with Crippen LogP contribution in [0.4, 0.5) is 0 Å². The average molecular weight is 375 g/mol. The third kappa shape index (κ3) is 9.18. The largest absolute Gasteiger partial charge is 0.366 e. The Kier molecular flexibility index (Phi) is 7.95. The van der Waals surface area contributed by atoms with Gasteiger partial charge < -0.3 is 20.5 Å². The minimum absolute atomic E-state index is 0.160. The maximum Gasteiger partial charge on any atom is 0.251 e. The van der Waals surface area contributed by atoms with Crippen LogP contribution in [-0.2, 0) is 9.53 Å². The number of hydrogen-bond donors (Lipinski definition) is 3. The third-order valence-corrected chi connectivity index (χ3v) is 3.69. The summed E-state index contributed by atoms with van der Waals surface area (Å²) in [6, 6.07) is 8.15. The quantitative estimate of drug-likeness (QED) is 0.571. The fourth-order valence-corrected chi connectivity index (χ4v) is 2.28. The zero-order chi connectivity index (χ0) is 20.7. The number of carbonyl (C=O) groups is 2. The molecule has 3 N–H and O–H groups in total. The smallest absolute Gasteiger partial charge is 0.251 e. The Balaban J connectivity index is 2.44. The lowest BCUT2D eigenvalue weighted by molar-refractivity contribution is -0.192. The molecule has 7 nitrogen and oxygen atoms in total. The summed E-state index contributed by atoms with van der Waals surface area (Å²) in [7, 11) is 0. The number of nitrogens with zero attached hydrogens (tertiary/aromatic N) is 1. The second kappa shape index (κ2) is 9.49. The Labute approximate surface area is 160 Å². The Bertz CT molecular complexity index is 702. The van der Waals surface area contributed by atoms with Gasteiger partial charge in [-0.2, -0.15) is 5.26 Å². The molecule has 0 fully saturated rings. The molecule has 27 heavy (non-hydrogen) atoms. The topological polar surface area (TPSA) is 111 Å². The van der Waals surface area contributed by atoms with Crippen molar-refractivity contribution in [3.63, 3.8) is 0 Å². The zero-order valence-electron chi connectivity index (χ0n) is 16.6. The van der Waals surface area contributed by atoms with Crippen LogP contribution < -0.4 is 10.6 Å². The van der Waals surface area contributed by atoms with Gasteiger partial charge in [0.15, 0.2) is 5.79 Å². The first-order valence-corrected chi connectivity index (χ1v) is 8.86. The van der Waals surface area contributed by atoms with E-state index in [0.29, 0.717) is 11.1 Å². The lowest BCUT2D eigenvalue weighted by Crippen LogP contribution is -2.43. The van der Waals surface area contributed by atoms with Gasteiger partial charge in [-0.25, -0.2) is 0 Å². The van der Waals surface area contributed by atoms with Crippen molar-refractivity contribution in [2.24, 2.45) is 5.41 Å². The SMILES string of the molecule is C[C@@H](CNC(=O)CC(C)(C)COC(C)(C)O)NC(=O)c1cccc(C#N)c1. The molecule has 0 saturated carbocycles. The fraction of sp³-hybridized carbons (Fsp3) is 0.550. The second-order valence-electron chi connectivity index (χ2n) is 7.95. The first-order valence-electron chi connectivity index (χ1n) is 8.86. The first kappa shape index (κ1) is 22.6. The summed E-state index contributed by atoms with van der Waals surface area (Å²) < 4.78 is 5.34. The monoisotopic (exact) mass is 375 g/mol. The van der Waals surface area contributed by atoms with E-state index in [9.17, 15) is 14.7 Å². The number of aliphatic hydroxyl groups is 1. The normalized spacial score (nSPS) is 12.8. The van der Waals surface area contributed by atoms with Crippen molar-refractivity contribution >= 4 is 11.8 Å². The summed E-state index contributed by atoms with van der Waals surface area (Å²) in [5.74, 6) is -1.70. The first-order chi connectivity index (χ1) is 12.4. The van der Waals surface area contributed by atoms with Crippen LogP contribution in [0, 0.1) is 16.7 Å². The highest BCUT2D eigenvalue weighted by molar-refractivity contribution is 5.94. The van der Waals surface area contributed by atoms with Gasteiger partial charge >= 0.3 is 0 Å². The van der Waals surface area contributed by atoms with Crippen molar-refractivity contribution in [2.75, 3.05) is 13.2 Å². The molecule has 2 amide bonds. The minimum atomic E-state index is -1.24. The van der Waals surface area contributed by atoms with Gasteiger partial charge in [-0.3, -0.25) is 9.59 Å². The van der Waals surface area contributed by atoms with Crippen LogP contribution >= 0.6 is 0 Å². The maximum atomic E-state index is 12.2. The molecule has 1 atom stereocenters. The highest BCUT2D eigenvalue weighted by Gasteiger charge is 2.26. The number of carbonyl (C=O) groups excluding carboxylic acids is 2. The number of rotatable bonds is 9. The van der Waals surface area contributed by atoms with Crippen molar-refractivity contribution in [1.82, 2.24) is 10.6 Å². The third-order valence-electron chi connectivity index (χ3n) is 3.69. The predicted molar refractivity (Wildman–Crippen MR) is 102 cm³/mol. The summed E-state index contributed by atoms with van der Waals surface area (Å²) in [4.78, 5) is 24.4.